The smallest absolute Gasteiger partial charge is 0.410 e. The predicted molar refractivity (Wildman–Crippen MR) is 141 cm³/mol. The average Bonchev–Trinajstić information content (AvgIpc) is 3.39. The number of hydrogen-bond donors (Lipinski definition) is 1. The van der Waals surface area contributed by atoms with Crippen molar-refractivity contribution < 1.29 is 14.3 Å². The van der Waals surface area contributed by atoms with Crippen molar-refractivity contribution in [1.82, 2.24) is 29.0 Å². The molecule has 0 radical (unpaired) electrons. The molecule has 5 rings (SSSR count). The standard InChI is InChI=1S/C26H32N8O3/c1-16-13-34-15-21(28-17(2)23(34)27-16)29-24(35)18-7-8-20(19-14-31(6)30-22(18)19)32-9-11-33(12-10-32)25(36)37-26(3,4)5/h7-8,13-15H,9-12H2,1-6H3,(H,29,35). The van der Waals surface area contributed by atoms with Crippen LogP contribution in [0, 0.1) is 13.8 Å². The zero-order chi connectivity index (χ0) is 26.5. The van der Waals surface area contributed by atoms with Gasteiger partial charge in [-0.15, -0.1) is 0 Å². The highest BCUT2D eigenvalue weighted by Crippen LogP contribution is 2.30. The van der Waals surface area contributed by atoms with E-state index >= 15 is 0 Å². The van der Waals surface area contributed by atoms with E-state index in [9.17, 15) is 9.59 Å². The normalized spacial score (nSPS) is 14.4. The van der Waals surface area contributed by atoms with Crippen LogP contribution in [0.15, 0.2) is 30.7 Å². The molecule has 1 aromatic carbocycles. The first kappa shape index (κ1) is 24.5. The molecule has 11 heteroatoms. The number of carbonyl (C=O) groups excluding carboxylic acids is 2. The molecule has 1 fully saturated rings. The second-order valence-electron chi connectivity index (χ2n) is 10.4. The van der Waals surface area contributed by atoms with Gasteiger partial charge in [0.05, 0.1) is 23.1 Å². The van der Waals surface area contributed by atoms with Gasteiger partial charge in [-0.05, 0) is 46.8 Å². The van der Waals surface area contributed by atoms with Crippen LogP contribution < -0.4 is 10.2 Å². The third-order valence-corrected chi connectivity index (χ3v) is 6.25. The number of fused-ring (bicyclic) bond motifs is 2. The monoisotopic (exact) mass is 504 g/mol. The van der Waals surface area contributed by atoms with Crippen LogP contribution in [0.3, 0.4) is 0 Å². The van der Waals surface area contributed by atoms with Crippen LogP contribution >= 0.6 is 0 Å². The quantitative estimate of drug-likeness (QED) is 0.454. The number of anilines is 2. The lowest BCUT2D eigenvalue weighted by Crippen LogP contribution is -2.50. The number of aryl methyl sites for hydroxylation is 3. The molecule has 0 atom stereocenters. The molecule has 3 aromatic heterocycles. The van der Waals surface area contributed by atoms with E-state index in [2.05, 4.69) is 25.3 Å². The number of imidazole rings is 1. The van der Waals surface area contributed by atoms with Crippen molar-refractivity contribution in [3.8, 4) is 0 Å². The summed E-state index contributed by atoms with van der Waals surface area (Å²) < 4.78 is 9.09. The molecule has 1 N–H and O–H groups in total. The lowest BCUT2D eigenvalue weighted by molar-refractivity contribution is 0.0240. The van der Waals surface area contributed by atoms with Gasteiger partial charge in [-0.1, -0.05) is 0 Å². The van der Waals surface area contributed by atoms with Gasteiger partial charge in [0, 0.05) is 56.7 Å². The molecule has 0 saturated carbocycles. The number of nitrogens with one attached hydrogen (secondary N) is 1. The van der Waals surface area contributed by atoms with Gasteiger partial charge in [-0.2, -0.15) is 5.10 Å². The molecule has 1 aliphatic rings. The fourth-order valence-electron chi connectivity index (χ4n) is 4.64. The summed E-state index contributed by atoms with van der Waals surface area (Å²) in [4.78, 5) is 38.7. The molecule has 11 nitrogen and oxygen atoms in total. The Hall–Kier alpha value is -4.15. The van der Waals surface area contributed by atoms with E-state index in [-0.39, 0.29) is 12.0 Å². The molecular weight excluding hydrogens is 472 g/mol. The SMILES string of the molecule is Cc1cn2cc(NC(=O)c3ccc(N4CCN(C(=O)OC(C)(C)C)CC4)c4cn(C)nc34)nc(C)c2n1. The van der Waals surface area contributed by atoms with Crippen molar-refractivity contribution in [3.63, 3.8) is 0 Å². The molecule has 0 aliphatic carbocycles. The minimum absolute atomic E-state index is 0.284. The number of hydrogen-bond acceptors (Lipinski definition) is 7. The van der Waals surface area contributed by atoms with Gasteiger partial charge in [-0.25, -0.2) is 14.8 Å². The molecular formula is C26H32N8O3. The van der Waals surface area contributed by atoms with Crippen LogP contribution in [0.1, 0.15) is 42.5 Å². The van der Waals surface area contributed by atoms with Gasteiger partial charge in [0.1, 0.15) is 16.9 Å². The van der Waals surface area contributed by atoms with Crippen molar-refractivity contribution in [3.05, 3.63) is 47.7 Å². The number of amides is 2. The Morgan fingerprint density at radius 1 is 1.00 bits per heavy atom. The molecule has 0 bridgehead atoms. The number of nitrogens with zero attached hydrogens (tertiary/aromatic N) is 7. The summed E-state index contributed by atoms with van der Waals surface area (Å²) in [6.07, 6.45) is 5.28. The number of aromatic nitrogens is 5. The maximum absolute atomic E-state index is 13.3. The van der Waals surface area contributed by atoms with Crippen LogP contribution in [0.2, 0.25) is 0 Å². The van der Waals surface area contributed by atoms with E-state index < -0.39 is 5.60 Å². The summed E-state index contributed by atoms with van der Waals surface area (Å²) in [7, 11) is 1.84. The van der Waals surface area contributed by atoms with Gasteiger partial charge in [0.2, 0.25) is 0 Å². The van der Waals surface area contributed by atoms with E-state index in [0.717, 1.165) is 28.1 Å². The minimum Gasteiger partial charge on any atom is -0.444 e. The number of ether oxygens (including phenoxy) is 1. The van der Waals surface area contributed by atoms with Crippen molar-refractivity contribution in [1.29, 1.82) is 0 Å². The summed E-state index contributed by atoms with van der Waals surface area (Å²) in [5, 5.41) is 8.39. The van der Waals surface area contributed by atoms with Crippen molar-refractivity contribution in [2.24, 2.45) is 7.05 Å². The van der Waals surface area contributed by atoms with E-state index in [4.69, 9.17) is 4.74 Å². The van der Waals surface area contributed by atoms with Gasteiger partial charge in [-0.3, -0.25) is 9.48 Å². The fourth-order valence-corrected chi connectivity index (χ4v) is 4.64. The zero-order valence-electron chi connectivity index (χ0n) is 22.1. The molecule has 4 heterocycles. The van der Waals surface area contributed by atoms with Gasteiger partial charge in [0.25, 0.3) is 5.91 Å². The highest BCUT2D eigenvalue weighted by molar-refractivity contribution is 6.13. The highest BCUT2D eigenvalue weighted by Gasteiger charge is 2.27. The topological polar surface area (TPSA) is 110 Å². The predicted octanol–water partition coefficient (Wildman–Crippen LogP) is 3.54. The Kier molecular flexibility index (Phi) is 6.01. The average molecular weight is 505 g/mol. The van der Waals surface area contributed by atoms with Crippen molar-refractivity contribution >= 4 is 40.1 Å². The summed E-state index contributed by atoms with van der Waals surface area (Å²) in [6.45, 7) is 11.8. The summed E-state index contributed by atoms with van der Waals surface area (Å²) in [5.41, 5.74) is 3.91. The Morgan fingerprint density at radius 2 is 1.73 bits per heavy atom. The molecule has 37 heavy (non-hydrogen) atoms. The Morgan fingerprint density at radius 3 is 2.43 bits per heavy atom. The largest absolute Gasteiger partial charge is 0.444 e. The van der Waals surface area contributed by atoms with Crippen LogP contribution in [0.4, 0.5) is 16.3 Å². The fraction of sp³-hybridized carbons (Fsp3) is 0.423. The number of rotatable bonds is 3. The first-order valence-corrected chi connectivity index (χ1v) is 12.3. The van der Waals surface area contributed by atoms with Crippen LogP contribution in [-0.4, -0.2) is 72.8 Å². The highest BCUT2D eigenvalue weighted by atomic mass is 16.6. The molecule has 0 unspecified atom stereocenters. The first-order valence-electron chi connectivity index (χ1n) is 12.3. The minimum atomic E-state index is -0.524. The maximum atomic E-state index is 13.3. The third-order valence-electron chi connectivity index (χ3n) is 6.25. The Bertz CT molecular complexity index is 1510. The zero-order valence-corrected chi connectivity index (χ0v) is 22.1. The molecule has 2 amide bonds. The summed E-state index contributed by atoms with van der Waals surface area (Å²) >= 11 is 0. The van der Waals surface area contributed by atoms with E-state index in [1.165, 1.54) is 0 Å². The molecule has 194 valence electrons. The van der Waals surface area contributed by atoms with Crippen LogP contribution in [0.5, 0.6) is 0 Å². The van der Waals surface area contributed by atoms with Gasteiger partial charge < -0.3 is 24.3 Å². The summed E-state index contributed by atoms with van der Waals surface area (Å²) in [5.74, 6) is 0.159. The molecule has 1 aliphatic heterocycles. The number of carbonyl (C=O) groups is 2. The lowest BCUT2D eigenvalue weighted by Gasteiger charge is -2.37. The van der Waals surface area contributed by atoms with Crippen LogP contribution in [0.25, 0.3) is 16.6 Å². The molecule has 0 spiro atoms. The van der Waals surface area contributed by atoms with Crippen LogP contribution in [-0.2, 0) is 11.8 Å². The number of benzene rings is 1. The Balaban J connectivity index is 1.37. The third kappa shape index (κ3) is 4.93. The van der Waals surface area contributed by atoms with E-state index in [1.807, 2.05) is 64.5 Å². The maximum Gasteiger partial charge on any atom is 0.410 e. The molecule has 4 aromatic rings. The Labute approximate surface area is 215 Å². The van der Waals surface area contributed by atoms with Crippen molar-refractivity contribution in [2.45, 2.75) is 40.2 Å². The van der Waals surface area contributed by atoms with Gasteiger partial charge in [0.15, 0.2) is 5.65 Å². The summed E-state index contributed by atoms with van der Waals surface area (Å²) in [6, 6.07) is 3.75. The second kappa shape index (κ2) is 9.06. The van der Waals surface area contributed by atoms with E-state index in [1.54, 1.807) is 21.8 Å². The molecule has 1 saturated heterocycles. The first-order chi connectivity index (χ1) is 17.5. The second-order valence-corrected chi connectivity index (χ2v) is 10.4. The van der Waals surface area contributed by atoms with E-state index in [0.29, 0.717) is 43.1 Å². The number of piperazine rings is 1. The lowest BCUT2D eigenvalue weighted by atomic mass is 10.1. The van der Waals surface area contributed by atoms with Gasteiger partial charge >= 0.3 is 6.09 Å². The van der Waals surface area contributed by atoms with Crippen molar-refractivity contribution in [2.75, 3.05) is 36.4 Å².